The van der Waals surface area contributed by atoms with Gasteiger partial charge in [0, 0.05) is 68.6 Å². The minimum atomic E-state index is -0.576. The molecule has 0 aliphatic rings. The molecule has 0 spiro atoms. The maximum Gasteiger partial charge on any atom is 0.0183 e. The Hall–Kier alpha value is -5.39. The van der Waals surface area contributed by atoms with E-state index in [9.17, 15) is 8.78 Å². The number of aromatic hydroxyl groups is 2. The number of nitrogens with zero attached hydrogens (tertiary/aromatic N) is 4. The molecule has 0 saturated carbocycles. The quantitative estimate of drug-likeness (QED) is 0.171. The molecule has 4 heterocycles. The molecule has 8 aromatic rings. The predicted octanol–water partition coefficient (Wildman–Crippen LogP) is 11.0. The molecule has 0 atom stereocenters. The smallest absolute Gasteiger partial charge is 0.0183 e. The third-order valence-corrected chi connectivity index (χ3v) is 7.06. The molecule has 55 heavy (non-hydrogen) atoms. The fourth-order valence-corrected chi connectivity index (χ4v) is 4.53. The molecule has 4 aromatic carbocycles. The monoisotopic (exact) mass is 1110 g/mol. The normalized spacial score (nSPS) is 9.47. The van der Waals surface area contributed by atoms with Crippen molar-refractivity contribution >= 4 is 9.42 Å². The molecular weight excluding hydrogens is 1080 g/mol. The average molecular weight is 1110 g/mol. The number of halogens is 3. The van der Waals surface area contributed by atoms with Gasteiger partial charge < -0.3 is 10.2 Å². The second-order valence-corrected chi connectivity index (χ2v) is 10.7. The Bertz CT molecular complexity index is 1950. The summed E-state index contributed by atoms with van der Waals surface area (Å²) in [6.07, 6.45) is 7.15. The summed E-state index contributed by atoms with van der Waals surface area (Å²) in [5, 5.41) is 17.1. The van der Waals surface area contributed by atoms with Crippen LogP contribution in [0.1, 0.15) is 0 Å². The number of benzene rings is 4. The van der Waals surface area contributed by atoms with Crippen molar-refractivity contribution in [1.82, 2.24) is 19.9 Å². The molecule has 0 bridgehead atoms. The zero-order valence-electron chi connectivity index (χ0n) is 28.8. The molecule has 0 radical (unpaired) electrons. The Labute approximate surface area is 348 Å². The summed E-state index contributed by atoms with van der Waals surface area (Å²) in [5.74, 6) is -1.75. The molecule has 11 heteroatoms. The third kappa shape index (κ3) is 14.7. The Morgan fingerprint density at radius 1 is 0.382 bits per heavy atom. The van der Waals surface area contributed by atoms with Crippen molar-refractivity contribution in [2.24, 2.45) is 0 Å². The van der Waals surface area contributed by atoms with Crippen LogP contribution in [0.4, 0.5) is 8.78 Å². The summed E-state index contributed by atoms with van der Waals surface area (Å²) in [5.41, 5.74) is 7.64. The van der Waals surface area contributed by atoms with Gasteiger partial charge >= 0.3 is 28.2 Å². The molecular formula is C44H32ClF2N4O2Pt2-. The van der Waals surface area contributed by atoms with Gasteiger partial charge in [-0.2, -0.15) is 0 Å². The van der Waals surface area contributed by atoms with Crippen molar-refractivity contribution < 1.29 is 58.8 Å². The van der Waals surface area contributed by atoms with E-state index in [2.05, 4.69) is 41.5 Å². The van der Waals surface area contributed by atoms with Crippen LogP contribution in [0.3, 0.4) is 0 Å². The molecule has 0 aliphatic heterocycles. The van der Waals surface area contributed by atoms with Crippen molar-refractivity contribution in [2.45, 2.75) is 0 Å². The van der Waals surface area contributed by atoms with Crippen LogP contribution in [0.15, 0.2) is 183 Å². The number of pyridine rings is 4. The molecule has 0 fully saturated rings. The summed E-state index contributed by atoms with van der Waals surface area (Å²) in [7, 11) is 4.61. The van der Waals surface area contributed by atoms with E-state index in [0.29, 0.717) is 0 Å². The number of hydrogen-bond donors (Lipinski definition) is 2. The summed E-state index contributed by atoms with van der Waals surface area (Å²) in [6, 6.07) is 53.4. The van der Waals surface area contributed by atoms with Crippen LogP contribution < -0.4 is 0 Å². The molecule has 8 rings (SSSR count). The molecule has 0 unspecified atom stereocenters. The first kappa shape index (κ1) is 44.0. The number of phenolic OH excluding ortho intramolecular Hbond substituents is 2. The molecule has 4 aromatic heterocycles. The van der Waals surface area contributed by atoms with Gasteiger partial charge in [-0.3, -0.25) is 19.9 Å². The van der Waals surface area contributed by atoms with Gasteiger partial charge in [0.25, 0.3) is 0 Å². The number of phenols is 2. The van der Waals surface area contributed by atoms with E-state index in [1.165, 1.54) is 36.4 Å². The standard InChI is InChI=1S/2C16H11N2.2C6H5FO.ClH.2Pt/c2*1-3-10-17-15(8-1)13-6-5-7-14(12-13)16-9-2-4-11-18-16;2*7-5-3-1-2-4-6(5)8;;;/h2*1-11H;2*1-4,8H;1H;;/q2*-1;;;;;+2/p-1. The number of rotatable bonds is 4. The van der Waals surface area contributed by atoms with Crippen molar-refractivity contribution in [1.29, 1.82) is 0 Å². The van der Waals surface area contributed by atoms with Gasteiger partial charge in [0.05, 0.1) is 0 Å². The summed E-state index contributed by atoms with van der Waals surface area (Å²) < 4.78 is 24.1. The first-order valence-electron chi connectivity index (χ1n) is 16.2. The van der Waals surface area contributed by atoms with E-state index in [1.54, 1.807) is 55.7 Å². The molecule has 6 nitrogen and oxygen atoms in total. The Morgan fingerprint density at radius 3 is 0.836 bits per heavy atom. The largest absolute Gasteiger partial charge is 0.295 e. The summed E-state index contributed by atoms with van der Waals surface area (Å²) in [4.78, 5) is 17.3. The second kappa shape index (κ2) is 24.8. The molecule has 282 valence electrons. The minimum Gasteiger partial charge on any atom is -0.295 e. The van der Waals surface area contributed by atoms with Crippen LogP contribution in [0.5, 0.6) is 11.5 Å². The van der Waals surface area contributed by atoms with Crippen molar-refractivity contribution in [3.05, 3.63) is 206 Å². The number of aromatic nitrogens is 4. The van der Waals surface area contributed by atoms with Crippen molar-refractivity contribution in [2.75, 3.05) is 0 Å². The van der Waals surface area contributed by atoms with Gasteiger partial charge in [-0.1, -0.05) is 95.1 Å². The SMILES string of the molecule is Oc1ccccc1F.Oc1ccccc1F.[Cl][Pt+].[Pt].[c-]1c(-c2ccccn2)cccc1-c1ccccn1.[c-]1c(-c2ccccn2)cccc1-c1ccccn1. The molecule has 0 amide bonds. The third-order valence-electron chi connectivity index (χ3n) is 7.06. The van der Waals surface area contributed by atoms with E-state index >= 15 is 0 Å². The number of hydrogen-bond acceptors (Lipinski definition) is 6. The van der Waals surface area contributed by atoms with E-state index in [4.69, 9.17) is 10.2 Å². The summed E-state index contributed by atoms with van der Waals surface area (Å²) in [6.45, 7) is 0. The van der Waals surface area contributed by atoms with Crippen LogP contribution in [0.25, 0.3) is 45.0 Å². The zero-order valence-corrected chi connectivity index (χ0v) is 34.1. The van der Waals surface area contributed by atoms with E-state index in [0.717, 1.165) is 45.0 Å². The van der Waals surface area contributed by atoms with Gasteiger partial charge in [-0.05, 0) is 48.5 Å². The fourth-order valence-electron chi connectivity index (χ4n) is 4.53. The topological polar surface area (TPSA) is 92.0 Å². The predicted molar refractivity (Wildman–Crippen MR) is 205 cm³/mol. The van der Waals surface area contributed by atoms with Gasteiger partial charge in [0.1, 0.15) is 0 Å². The Balaban J connectivity index is 0.000000205. The average Bonchev–Trinajstić information content (AvgIpc) is 3.26. The van der Waals surface area contributed by atoms with E-state index in [1.807, 2.05) is 109 Å². The Morgan fingerprint density at radius 2 is 0.636 bits per heavy atom. The molecule has 2 N–H and O–H groups in total. The van der Waals surface area contributed by atoms with Crippen LogP contribution in [-0.2, 0) is 39.8 Å². The maximum atomic E-state index is 12.1. The van der Waals surface area contributed by atoms with Gasteiger partial charge in [-0.15, -0.1) is 48.5 Å². The zero-order chi connectivity index (χ0) is 38.4. The summed E-state index contributed by atoms with van der Waals surface area (Å²) >= 11 is 1.61. The molecule has 0 saturated heterocycles. The first-order valence-corrected chi connectivity index (χ1v) is 19.0. The van der Waals surface area contributed by atoms with Crippen LogP contribution in [0, 0.1) is 23.8 Å². The van der Waals surface area contributed by atoms with Crippen LogP contribution >= 0.6 is 9.42 Å². The first-order chi connectivity index (χ1) is 26.5. The fraction of sp³-hybridized carbons (Fsp3) is 0. The Kier molecular flexibility index (Phi) is 19.9. The second-order valence-electron chi connectivity index (χ2n) is 10.7. The van der Waals surface area contributed by atoms with Crippen molar-refractivity contribution in [3.63, 3.8) is 0 Å². The van der Waals surface area contributed by atoms with Crippen LogP contribution in [-0.4, -0.2) is 30.1 Å². The molecule has 0 aliphatic carbocycles. The van der Waals surface area contributed by atoms with Crippen molar-refractivity contribution in [3.8, 4) is 56.5 Å². The van der Waals surface area contributed by atoms with Gasteiger partial charge in [0.15, 0.2) is 23.1 Å². The van der Waals surface area contributed by atoms with E-state index in [-0.39, 0.29) is 32.6 Å². The minimum absolute atomic E-state index is 0. The number of para-hydroxylation sites is 2. The van der Waals surface area contributed by atoms with Gasteiger partial charge in [0.2, 0.25) is 0 Å². The van der Waals surface area contributed by atoms with Crippen LogP contribution in [0.2, 0.25) is 0 Å². The van der Waals surface area contributed by atoms with Gasteiger partial charge in [-0.25, -0.2) is 8.78 Å². The maximum absolute atomic E-state index is 12.1. The van der Waals surface area contributed by atoms with E-state index < -0.39 is 11.6 Å².